The molecule has 1 aromatic rings. The molecule has 0 aromatic heterocycles. The van der Waals surface area contributed by atoms with Crippen LogP contribution in [0.4, 0.5) is 11.4 Å². The molecule has 0 aliphatic heterocycles. The maximum Gasteiger partial charge on any atom is 0.342 e. The van der Waals surface area contributed by atoms with Crippen molar-refractivity contribution in [3.05, 3.63) is 60.2 Å². The van der Waals surface area contributed by atoms with E-state index in [2.05, 4.69) is 10.2 Å². The number of hydrogen-bond acceptors (Lipinski definition) is 6. The Bertz CT molecular complexity index is 920. The first-order valence-electron chi connectivity index (χ1n) is 8.12. The van der Waals surface area contributed by atoms with Crippen molar-refractivity contribution < 1.29 is 19.4 Å². The second kappa shape index (κ2) is 7.65. The Kier molecular flexibility index (Phi) is 5.12. The number of aromatic hydroxyl groups is 1. The van der Waals surface area contributed by atoms with Crippen LogP contribution < -0.4 is 4.74 Å². The molecule has 132 valence electrons. The van der Waals surface area contributed by atoms with Crippen molar-refractivity contribution in [1.29, 1.82) is 0 Å². The lowest BCUT2D eigenvalue weighted by Gasteiger charge is -2.01. The van der Waals surface area contributed by atoms with Gasteiger partial charge in [0.2, 0.25) is 0 Å². The van der Waals surface area contributed by atoms with Crippen molar-refractivity contribution in [2.75, 3.05) is 13.7 Å². The predicted octanol–water partition coefficient (Wildman–Crippen LogP) is 5.10. The Labute approximate surface area is 151 Å². The third-order valence-electron chi connectivity index (χ3n) is 3.84. The molecule has 0 heterocycles. The number of carbonyl (C=O) groups excluding carboxylic acids is 1. The molecule has 6 heteroatoms. The molecule has 3 rings (SSSR count). The molecule has 0 radical (unpaired) electrons. The number of nitrogens with zero attached hydrogens (tertiary/aromatic N) is 2. The van der Waals surface area contributed by atoms with Crippen LogP contribution in [0.5, 0.6) is 11.5 Å². The van der Waals surface area contributed by atoms with E-state index in [4.69, 9.17) is 9.47 Å². The fourth-order valence-electron chi connectivity index (χ4n) is 2.61. The second-order valence-corrected chi connectivity index (χ2v) is 5.43. The van der Waals surface area contributed by atoms with Crippen LogP contribution in [0, 0.1) is 0 Å². The van der Waals surface area contributed by atoms with Crippen LogP contribution in [0.1, 0.15) is 17.3 Å². The fraction of sp³-hybridized carbons (Fsp3) is 0.150. The van der Waals surface area contributed by atoms with Gasteiger partial charge in [-0.25, -0.2) is 4.79 Å². The Morgan fingerprint density at radius 1 is 1.00 bits per heavy atom. The van der Waals surface area contributed by atoms with Crippen molar-refractivity contribution in [3.8, 4) is 22.6 Å². The normalized spacial score (nSPS) is 11.0. The Hall–Kier alpha value is -3.41. The van der Waals surface area contributed by atoms with Crippen molar-refractivity contribution in [2.45, 2.75) is 6.92 Å². The zero-order valence-corrected chi connectivity index (χ0v) is 14.5. The van der Waals surface area contributed by atoms with Gasteiger partial charge < -0.3 is 14.6 Å². The monoisotopic (exact) mass is 350 g/mol. The molecule has 0 unspecified atom stereocenters. The molecule has 0 saturated heterocycles. The topological polar surface area (TPSA) is 80.5 Å². The van der Waals surface area contributed by atoms with E-state index < -0.39 is 5.97 Å². The van der Waals surface area contributed by atoms with Gasteiger partial charge in [0.1, 0.15) is 17.0 Å². The molecule has 0 fully saturated rings. The van der Waals surface area contributed by atoms with Gasteiger partial charge in [-0.1, -0.05) is 30.3 Å². The van der Waals surface area contributed by atoms with Gasteiger partial charge in [0, 0.05) is 11.1 Å². The van der Waals surface area contributed by atoms with Gasteiger partial charge in [0.15, 0.2) is 5.75 Å². The summed E-state index contributed by atoms with van der Waals surface area (Å²) < 4.78 is 10.2. The highest BCUT2D eigenvalue weighted by molar-refractivity contribution is 6.07. The Balaban J connectivity index is 2.06. The largest absolute Gasteiger partial charge is 0.505 e. The fourth-order valence-corrected chi connectivity index (χ4v) is 2.61. The number of benzene rings is 1. The molecule has 0 atom stereocenters. The van der Waals surface area contributed by atoms with Gasteiger partial charge in [-0.3, -0.25) is 0 Å². The lowest BCUT2D eigenvalue weighted by atomic mass is 10.1. The summed E-state index contributed by atoms with van der Waals surface area (Å²) in [6.45, 7) is 1.93. The average Bonchev–Trinajstić information content (AvgIpc) is 2.79. The molecule has 2 aliphatic rings. The molecule has 1 aromatic carbocycles. The molecular weight excluding hydrogens is 332 g/mol. The zero-order chi connectivity index (χ0) is 18.5. The highest BCUT2D eigenvalue weighted by Crippen LogP contribution is 2.47. The first-order valence-corrected chi connectivity index (χ1v) is 8.12. The van der Waals surface area contributed by atoms with E-state index in [1.165, 1.54) is 0 Å². The van der Waals surface area contributed by atoms with Gasteiger partial charge in [-0.15, -0.1) is 5.11 Å². The average molecular weight is 350 g/mol. The number of esters is 1. The lowest BCUT2D eigenvalue weighted by Crippen LogP contribution is -2.04. The van der Waals surface area contributed by atoms with Gasteiger partial charge in [-0.2, -0.15) is 5.11 Å². The molecule has 26 heavy (non-hydrogen) atoms. The van der Waals surface area contributed by atoms with Crippen LogP contribution in [-0.4, -0.2) is 24.8 Å². The van der Waals surface area contributed by atoms with Crippen molar-refractivity contribution >= 4 is 17.3 Å². The third-order valence-corrected chi connectivity index (χ3v) is 3.84. The van der Waals surface area contributed by atoms with Crippen LogP contribution in [0.15, 0.2) is 64.8 Å². The summed E-state index contributed by atoms with van der Waals surface area (Å²) in [4.78, 5) is 12.3. The van der Waals surface area contributed by atoms with Crippen molar-refractivity contribution in [1.82, 2.24) is 0 Å². The molecule has 0 saturated carbocycles. The number of hydrogen-bond donors (Lipinski definition) is 1. The maximum absolute atomic E-state index is 12.3. The van der Waals surface area contributed by atoms with E-state index in [1.54, 1.807) is 56.5 Å². The highest BCUT2D eigenvalue weighted by Gasteiger charge is 2.28. The highest BCUT2D eigenvalue weighted by atomic mass is 16.5. The summed E-state index contributed by atoms with van der Waals surface area (Å²) in [5.74, 6) is -0.115. The first kappa shape index (κ1) is 17.4. The number of methoxy groups -OCH3 is 1. The van der Waals surface area contributed by atoms with Crippen molar-refractivity contribution in [2.24, 2.45) is 10.2 Å². The maximum atomic E-state index is 12.3. The van der Waals surface area contributed by atoms with E-state index >= 15 is 0 Å². The van der Waals surface area contributed by atoms with E-state index in [9.17, 15) is 9.90 Å². The summed E-state index contributed by atoms with van der Waals surface area (Å²) in [6.07, 6.45) is 0. The smallest absolute Gasteiger partial charge is 0.342 e. The van der Waals surface area contributed by atoms with Crippen LogP contribution in [0.3, 0.4) is 0 Å². The second-order valence-electron chi connectivity index (χ2n) is 5.43. The molecule has 0 bridgehead atoms. The summed E-state index contributed by atoms with van der Waals surface area (Å²) in [7, 11) is 1.58. The van der Waals surface area contributed by atoms with Crippen LogP contribution in [0.2, 0.25) is 0 Å². The minimum atomic E-state index is -0.591. The molecular formula is C20H18N2O4. The van der Waals surface area contributed by atoms with Crippen molar-refractivity contribution in [3.63, 3.8) is 0 Å². The van der Waals surface area contributed by atoms with Crippen LogP contribution >= 0.6 is 0 Å². The third kappa shape index (κ3) is 3.35. The molecule has 1 N–H and O–H groups in total. The summed E-state index contributed by atoms with van der Waals surface area (Å²) in [5.41, 5.74) is 2.11. The SMILES string of the molecule is CCOC(=O)c1c2cccccc-2c(N=Nc2ccc(OC)cc2)c1O. The molecule has 2 aliphatic carbocycles. The Morgan fingerprint density at radius 3 is 2.35 bits per heavy atom. The van der Waals surface area contributed by atoms with Crippen LogP contribution in [0.25, 0.3) is 11.1 Å². The minimum absolute atomic E-state index is 0.0988. The number of azo groups is 1. The number of ether oxygens (including phenoxy) is 2. The van der Waals surface area contributed by atoms with Gasteiger partial charge >= 0.3 is 5.97 Å². The zero-order valence-electron chi connectivity index (χ0n) is 14.5. The van der Waals surface area contributed by atoms with Gasteiger partial charge in [0.25, 0.3) is 0 Å². The molecule has 0 spiro atoms. The standard InChI is InChI=1S/C20H18N2O4/c1-3-26-20(24)17-15-7-5-4-6-8-16(15)18(19(17)23)22-21-13-9-11-14(25-2)12-10-13/h4-12,23H,3H2,1-2H3. The van der Waals surface area contributed by atoms with E-state index in [0.29, 0.717) is 22.6 Å². The number of fused-ring (bicyclic) bond motifs is 1. The van der Waals surface area contributed by atoms with E-state index in [-0.39, 0.29) is 23.6 Å². The number of rotatable bonds is 5. The lowest BCUT2D eigenvalue weighted by molar-refractivity contribution is 0.0524. The summed E-state index contributed by atoms with van der Waals surface area (Å²) in [6, 6.07) is 16.0. The van der Waals surface area contributed by atoms with Gasteiger partial charge in [-0.05, 0) is 31.2 Å². The molecule has 6 nitrogen and oxygen atoms in total. The number of carbonyl (C=O) groups is 1. The summed E-state index contributed by atoms with van der Waals surface area (Å²) >= 11 is 0. The summed E-state index contributed by atoms with van der Waals surface area (Å²) in [5, 5.41) is 18.9. The minimum Gasteiger partial charge on any atom is -0.505 e. The van der Waals surface area contributed by atoms with Crippen LogP contribution in [-0.2, 0) is 4.74 Å². The first-order chi connectivity index (χ1) is 12.7. The van der Waals surface area contributed by atoms with E-state index in [1.807, 2.05) is 12.1 Å². The van der Waals surface area contributed by atoms with E-state index in [0.717, 1.165) is 0 Å². The van der Waals surface area contributed by atoms with Gasteiger partial charge in [0.05, 0.1) is 19.4 Å². The molecule has 0 amide bonds. The quantitative estimate of drug-likeness (QED) is 0.513. The predicted molar refractivity (Wildman–Crippen MR) is 97.9 cm³/mol. The Morgan fingerprint density at radius 2 is 1.69 bits per heavy atom.